The molecule has 4 bridgehead atoms. The molecule has 1 aromatic heterocycles. The van der Waals surface area contributed by atoms with Crippen molar-refractivity contribution in [1.82, 2.24) is 25.7 Å². The molecule has 0 radical (unpaired) electrons. The van der Waals surface area contributed by atoms with Crippen LogP contribution in [0.15, 0.2) is 12.3 Å². The number of carbonyl (C=O) groups excluding carboxylic acids is 2. The molecule has 8 nitrogen and oxygen atoms in total. The Morgan fingerprint density at radius 2 is 1.72 bits per heavy atom. The van der Waals surface area contributed by atoms with Gasteiger partial charge in [-0.2, -0.15) is 5.10 Å². The number of carbonyl (C=O) groups is 2. The van der Waals surface area contributed by atoms with Gasteiger partial charge in [0, 0.05) is 18.3 Å². The van der Waals surface area contributed by atoms with Crippen LogP contribution >= 0.6 is 0 Å². The van der Waals surface area contributed by atoms with E-state index in [1.165, 1.54) is 32.1 Å². The third-order valence-electron chi connectivity index (χ3n) is 8.76. The van der Waals surface area contributed by atoms with Crippen molar-refractivity contribution in [1.29, 1.82) is 0 Å². The maximum atomic E-state index is 13.4. The minimum atomic E-state index is -0.727. The number of ether oxygens (including phenoxy) is 1. The maximum Gasteiger partial charge on any atom is 0.258 e. The van der Waals surface area contributed by atoms with Gasteiger partial charge in [-0.15, -0.1) is 0 Å². The van der Waals surface area contributed by atoms with E-state index in [1.807, 2.05) is 33.8 Å². The smallest absolute Gasteiger partial charge is 0.258 e. The second kappa shape index (κ2) is 10.2. The number of nitrogens with one attached hydrogen (secondary N) is 3. The molecule has 8 heteroatoms. The Balaban J connectivity index is 1.29. The van der Waals surface area contributed by atoms with Gasteiger partial charge in [-0.05, 0) is 109 Å². The summed E-state index contributed by atoms with van der Waals surface area (Å²) in [7, 11) is 0. The monoisotopic (exact) mass is 497 g/mol. The normalized spacial score (nSPS) is 30.2. The number of aromatic nitrogens is 2. The Hall–Kier alpha value is -2.35. The Morgan fingerprint density at radius 3 is 2.33 bits per heavy atom. The SMILES string of the molecule is CC(C)Oc1c(C(=O)NC2C3CC4CC(C3)CC2C4)cnn1C=CC(C)(C)C(=O)NC1CCNCC1. The average Bonchev–Trinajstić information content (AvgIpc) is 3.22. The lowest BCUT2D eigenvalue weighted by Gasteiger charge is -2.54. The molecule has 2 amide bonds. The van der Waals surface area contributed by atoms with Gasteiger partial charge in [0.25, 0.3) is 5.91 Å². The minimum absolute atomic E-state index is 0.0102. The van der Waals surface area contributed by atoms with Gasteiger partial charge in [-0.25, -0.2) is 4.68 Å². The summed E-state index contributed by atoms with van der Waals surface area (Å²) in [6.45, 7) is 9.53. The summed E-state index contributed by atoms with van der Waals surface area (Å²) in [5.74, 6) is 3.25. The molecule has 198 valence electrons. The number of hydrogen-bond donors (Lipinski definition) is 3. The molecule has 5 aliphatic rings. The molecule has 4 saturated carbocycles. The van der Waals surface area contributed by atoms with Crippen LogP contribution in [0, 0.1) is 29.1 Å². The van der Waals surface area contributed by atoms with Crippen molar-refractivity contribution < 1.29 is 14.3 Å². The van der Waals surface area contributed by atoms with Crippen molar-refractivity contribution in [2.45, 2.75) is 90.8 Å². The molecule has 4 aliphatic carbocycles. The Bertz CT molecular complexity index is 963. The predicted octanol–water partition coefficient (Wildman–Crippen LogP) is 3.59. The quantitative estimate of drug-likeness (QED) is 0.510. The summed E-state index contributed by atoms with van der Waals surface area (Å²) in [5.41, 5.74) is -0.270. The first-order valence-corrected chi connectivity index (χ1v) is 14.0. The number of hydrogen-bond acceptors (Lipinski definition) is 5. The highest BCUT2D eigenvalue weighted by molar-refractivity contribution is 5.96. The largest absolute Gasteiger partial charge is 0.474 e. The van der Waals surface area contributed by atoms with Crippen molar-refractivity contribution in [2.24, 2.45) is 29.1 Å². The van der Waals surface area contributed by atoms with Gasteiger partial charge in [0.15, 0.2) is 0 Å². The predicted molar refractivity (Wildman–Crippen MR) is 139 cm³/mol. The summed E-state index contributed by atoms with van der Waals surface area (Å²) >= 11 is 0. The van der Waals surface area contributed by atoms with Crippen molar-refractivity contribution >= 4 is 18.0 Å². The fourth-order valence-electron chi connectivity index (χ4n) is 7.01. The van der Waals surface area contributed by atoms with E-state index in [4.69, 9.17) is 4.74 Å². The molecular weight excluding hydrogens is 454 g/mol. The van der Waals surface area contributed by atoms with Gasteiger partial charge < -0.3 is 20.7 Å². The zero-order chi connectivity index (χ0) is 25.4. The number of piperidine rings is 1. The van der Waals surface area contributed by atoms with Crippen LogP contribution < -0.4 is 20.7 Å². The van der Waals surface area contributed by atoms with E-state index in [1.54, 1.807) is 17.1 Å². The molecule has 6 rings (SSSR count). The molecular formula is C28H43N5O3. The molecule has 1 aliphatic heterocycles. The topological polar surface area (TPSA) is 97.3 Å². The van der Waals surface area contributed by atoms with E-state index in [0.717, 1.165) is 37.8 Å². The Kier molecular flexibility index (Phi) is 7.16. The Morgan fingerprint density at radius 1 is 1.08 bits per heavy atom. The average molecular weight is 498 g/mol. The number of nitrogens with zero attached hydrogens (tertiary/aromatic N) is 2. The van der Waals surface area contributed by atoms with Gasteiger partial charge in [0.2, 0.25) is 11.8 Å². The van der Waals surface area contributed by atoms with E-state index in [2.05, 4.69) is 21.0 Å². The minimum Gasteiger partial charge on any atom is -0.474 e. The summed E-state index contributed by atoms with van der Waals surface area (Å²) in [6.07, 6.45) is 13.4. The van der Waals surface area contributed by atoms with Gasteiger partial charge in [0.05, 0.1) is 17.7 Å². The molecule has 2 heterocycles. The van der Waals surface area contributed by atoms with Crippen molar-refractivity contribution in [3.63, 3.8) is 0 Å². The van der Waals surface area contributed by atoms with Crippen LogP contribution in [-0.2, 0) is 4.79 Å². The molecule has 36 heavy (non-hydrogen) atoms. The third-order valence-corrected chi connectivity index (χ3v) is 8.76. The van der Waals surface area contributed by atoms with Crippen molar-refractivity contribution in [3.8, 4) is 5.88 Å². The molecule has 1 saturated heterocycles. The zero-order valence-corrected chi connectivity index (χ0v) is 22.3. The second-order valence-electron chi connectivity index (χ2n) is 12.4. The highest BCUT2D eigenvalue weighted by atomic mass is 16.5. The highest BCUT2D eigenvalue weighted by Gasteiger charge is 2.48. The molecule has 5 fully saturated rings. The third kappa shape index (κ3) is 5.34. The molecule has 3 N–H and O–H groups in total. The van der Waals surface area contributed by atoms with Gasteiger partial charge in [0.1, 0.15) is 5.56 Å². The van der Waals surface area contributed by atoms with Gasteiger partial charge in [-0.3, -0.25) is 9.59 Å². The summed E-state index contributed by atoms with van der Waals surface area (Å²) < 4.78 is 7.66. The van der Waals surface area contributed by atoms with Crippen LogP contribution in [0.3, 0.4) is 0 Å². The van der Waals surface area contributed by atoms with E-state index in [0.29, 0.717) is 23.3 Å². The second-order valence-corrected chi connectivity index (χ2v) is 12.4. The van der Waals surface area contributed by atoms with E-state index >= 15 is 0 Å². The standard InChI is InChI=1S/C28H43N5O3/c1-17(2)36-26-23(25(34)32-24-20-12-18-11-19(14-20)15-21(24)13-18)16-30-33(26)10-7-28(3,4)27(35)31-22-5-8-29-9-6-22/h7,10,16-22,24,29H,5-6,8-9,11-15H2,1-4H3,(H,31,35)(H,32,34). The molecule has 0 unspecified atom stereocenters. The molecule has 0 aromatic carbocycles. The molecule has 0 spiro atoms. The number of amides is 2. The fourth-order valence-corrected chi connectivity index (χ4v) is 7.01. The summed E-state index contributed by atoms with van der Waals surface area (Å²) in [4.78, 5) is 26.4. The van der Waals surface area contributed by atoms with Crippen LogP contribution in [0.2, 0.25) is 0 Å². The van der Waals surface area contributed by atoms with Crippen LogP contribution in [0.5, 0.6) is 5.88 Å². The van der Waals surface area contributed by atoms with Crippen LogP contribution in [-0.4, -0.2) is 52.9 Å². The van der Waals surface area contributed by atoms with E-state index in [-0.39, 0.29) is 30.0 Å². The molecule has 0 atom stereocenters. The zero-order valence-electron chi connectivity index (χ0n) is 22.3. The van der Waals surface area contributed by atoms with Gasteiger partial charge >= 0.3 is 0 Å². The van der Waals surface area contributed by atoms with Gasteiger partial charge in [-0.1, -0.05) is 6.08 Å². The first-order valence-electron chi connectivity index (χ1n) is 14.0. The van der Waals surface area contributed by atoms with E-state index in [9.17, 15) is 9.59 Å². The maximum absolute atomic E-state index is 13.4. The van der Waals surface area contributed by atoms with Crippen molar-refractivity contribution in [3.05, 3.63) is 17.8 Å². The lowest BCUT2D eigenvalue weighted by Crippen LogP contribution is -2.55. The lowest BCUT2D eigenvalue weighted by molar-refractivity contribution is -0.128. The van der Waals surface area contributed by atoms with Crippen molar-refractivity contribution in [2.75, 3.05) is 13.1 Å². The first kappa shape index (κ1) is 25.3. The summed E-state index contributed by atoms with van der Waals surface area (Å²) in [5, 5.41) is 14.3. The lowest BCUT2D eigenvalue weighted by atomic mass is 9.54. The van der Waals surface area contributed by atoms with Crippen LogP contribution in [0.25, 0.3) is 6.20 Å². The van der Waals surface area contributed by atoms with Crippen LogP contribution in [0.4, 0.5) is 0 Å². The Labute approximate surface area is 215 Å². The fraction of sp³-hybridized carbons (Fsp3) is 0.750. The first-order chi connectivity index (χ1) is 17.2. The highest BCUT2D eigenvalue weighted by Crippen LogP contribution is 2.53. The number of rotatable bonds is 8. The summed E-state index contributed by atoms with van der Waals surface area (Å²) in [6, 6.07) is 0.463. The van der Waals surface area contributed by atoms with Crippen LogP contribution in [0.1, 0.15) is 83.0 Å². The van der Waals surface area contributed by atoms with E-state index < -0.39 is 5.41 Å². The molecule has 1 aromatic rings.